The number of nitrogens with zero attached hydrogens (tertiary/aromatic N) is 1. The van der Waals surface area contributed by atoms with E-state index in [0.29, 0.717) is 16.3 Å². The van der Waals surface area contributed by atoms with E-state index in [9.17, 15) is 10.0 Å². The van der Waals surface area contributed by atoms with Crippen molar-refractivity contribution in [2.24, 2.45) is 0 Å². The van der Waals surface area contributed by atoms with Crippen molar-refractivity contribution in [3.63, 3.8) is 0 Å². The standard InChI is InChI=1S/C11H9Br2NO2/c1-5(2)10-6-3-7(12)8(13)4-9(6)14(16)11(10)15/h3-4,16H,1-2H3. The third kappa shape index (κ3) is 1.63. The number of benzene rings is 1. The summed E-state index contributed by atoms with van der Waals surface area (Å²) in [6, 6.07) is 3.54. The molecule has 0 fully saturated rings. The maximum absolute atomic E-state index is 11.8. The number of anilines is 1. The van der Waals surface area contributed by atoms with E-state index in [1.165, 1.54) is 0 Å². The molecule has 1 N–H and O–H groups in total. The molecule has 1 amide bonds. The van der Waals surface area contributed by atoms with Gasteiger partial charge < -0.3 is 0 Å². The number of rotatable bonds is 0. The van der Waals surface area contributed by atoms with Gasteiger partial charge in [-0.15, -0.1) is 0 Å². The fraction of sp³-hybridized carbons (Fsp3) is 0.182. The Labute approximate surface area is 110 Å². The molecule has 1 heterocycles. The molecule has 3 nitrogen and oxygen atoms in total. The molecule has 16 heavy (non-hydrogen) atoms. The summed E-state index contributed by atoms with van der Waals surface area (Å²) in [5.74, 6) is -0.375. The Morgan fingerprint density at radius 3 is 2.38 bits per heavy atom. The van der Waals surface area contributed by atoms with Crippen molar-refractivity contribution in [3.05, 3.63) is 32.2 Å². The number of hydrogen-bond donors (Lipinski definition) is 1. The van der Waals surface area contributed by atoms with Crippen LogP contribution >= 0.6 is 31.9 Å². The zero-order chi connectivity index (χ0) is 12.0. The number of carbonyl (C=O) groups is 1. The third-order valence-corrected chi connectivity index (χ3v) is 4.29. The molecule has 0 spiro atoms. The van der Waals surface area contributed by atoms with Crippen LogP contribution in [-0.4, -0.2) is 11.1 Å². The van der Waals surface area contributed by atoms with Crippen LogP contribution in [0.25, 0.3) is 5.57 Å². The summed E-state index contributed by atoms with van der Waals surface area (Å²) in [5.41, 5.74) is 2.71. The van der Waals surface area contributed by atoms with Crippen molar-refractivity contribution in [2.75, 3.05) is 5.06 Å². The predicted octanol–water partition coefficient (Wildman–Crippen LogP) is 3.74. The van der Waals surface area contributed by atoms with Crippen LogP contribution in [-0.2, 0) is 4.79 Å². The topological polar surface area (TPSA) is 40.5 Å². The molecule has 1 aromatic rings. The van der Waals surface area contributed by atoms with Crippen molar-refractivity contribution >= 4 is 49.0 Å². The lowest BCUT2D eigenvalue weighted by Gasteiger charge is -2.07. The minimum Gasteiger partial charge on any atom is -0.281 e. The highest BCUT2D eigenvalue weighted by Gasteiger charge is 2.33. The largest absolute Gasteiger partial charge is 0.282 e. The van der Waals surface area contributed by atoms with Gasteiger partial charge in [0.25, 0.3) is 5.91 Å². The number of allylic oxidation sites excluding steroid dienone is 1. The van der Waals surface area contributed by atoms with Gasteiger partial charge in [-0.25, -0.2) is 0 Å². The second-order valence-electron chi connectivity index (χ2n) is 3.78. The minimum atomic E-state index is -0.375. The van der Waals surface area contributed by atoms with E-state index in [4.69, 9.17) is 0 Å². The minimum absolute atomic E-state index is 0.375. The first-order valence-corrected chi connectivity index (χ1v) is 6.22. The van der Waals surface area contributed by atoms with Gasteiger partial charge in [0.1, 0.15) is 0 Å². The number of hydrogen-bond acceptors (Lipinski definition) is 2. The average molecular weight is 347 g/mol. The lowest BCUT2D eigenvalue weighted by atomic mass is 10.0. The molecule has 2 rings (SSSR count). The second-order valence-corrected chi connectivity index (χ2v) is 5.48. The van der Waals surface area contributed by atoms with E-state index in [1.807, 2.05) is 19.9 Å². The maximum Gasteiger partial charge on any atom is 0.282 e. The molecule has 1 aromatic carbocycles. The van der Waals surface area contributed by atoms with Gasteiger partial charge in [0, 0.05) is 14.5 Å². The molecule has 84 valence electrons. The number of halogens is 2. The Morgan fingerprint density at radius 1 is 1.25 bits per heavy atom. The van der Waals surface area contributed by atoms with Crippen LogP contribution in [0.2, 0.25) is 0 Å². The smallest absolute Gasteiger partial charge is 0.281 e. The molecular weight excluding hydrogens is 338 g/mol. The van der Waals surface area contributed by atoms with E-state index in [1.54, 1.807) is 6.07 Å². The quantitative estimate of drug-likeness (QED) is 0.574. The summed E-state index contributed by atoms with van der Waals surface area (Å²) in [4.78, 5) is 11.8. The molecule has 0 radical (unpaired) electrons. The molecule has 0 bridgehead atoms. The van der Waals surface area contributed by atoms with E-state index < -0.39 is 0 Å². The van der Waals surface area contributed by atoms with E-state index in [2.05, 4.69) is 31.9 Å². The zero-order valence-corrected chi connectivity index (χ0v) is 11.9. The molecule has 0 saturated heterocycles. The van der Waals surface area contributed by atoms with Gasteiger partial charge in [0.05, 0.1) is 11.3 Å². The lowest BCUT2D eigenvalue weighted by Crippen LogP contribution is -2.21. The van der Waals surface area contributed by atoms with Crippen LogP contribution in [0.3, 0.4) is 0 Å². The lowest BCUT2D eigenvalue weighted by molar-refractivity contribution is -0.117. The molecule has 0 atom stereocenters. The molecule has 0 unspecified atom stereocenters. The van der Waals surface area contributed by atoms with Crippen molar-refractivity contribution in [1.29, 1.82) is 0 Å². The fourth-order valence-electron chi connectivity index (χ4n) is 1.73. The van der Waals surface area contributed by atoms with E-state index in [0.717, 1.165) is 20.1 Å². The summed E-state index contributed by atoms with van der Waals surface area (Å²) in [5, 5.41) is 10.4. The van der Waals surface area contributed by atoms with Crippen LogP contribution in [0.4, 0.5) is 5.69 Å². The first-order chi connectivity index (χ1) is 7.43. The highest BCUT2D eigenvalue weighted by Crippen LogP contribution is 2.41. The van der Waals surface area contributed by atoms with Gasteiger partial charge in [-0.2, -0.15) is 5.06 Å². The molecule has 5 heteroatoms. The van der Waals surface area contributed by atoms with Crippen LogP contribution in [0.5, 0.6) is 0 Å². The van der Waals surface area contributed by atoms with E-state index in [-0.39, 0.29) is 5.91 Å². The Hall–Kier alpha value is -0.650. The number of hydroxylamine groups is 1. The zero-order valence-electron chi connectivity index (χ0n) is 8.71. The predicted molar refractivity (Wildman–Crippen MR) is 69.4 cm³/mol. The van der Waals surface area contributed by atoms with Gasteiger partial charge in [0.2, 0.25) is 0 Å². The molecular formula is C11H9Br2NO2. The molecule has 1 aliphatic heterocycles. The Kier molecular flexibility index (Phi) is 2.94. The second kappa shape index (κ2) is 3.98. The summed E-state index contributed by atoms with van der Waals surface area (Å²) in [7, 11) is 0. The summed E-state index contributed by atoms with van der Waals surface area (Å²) in [6.45, 7) is 3.71. The summed E-state index contributed by atoms with van der Waals surface area (Å²) >= 11 is 6.73. The van der Waals surface area contributed by atoms with Gasteiger partial charge in [0.15, 0.2) is 0 Å². The van der Waals surface area contributed by atoms with Crippen LogP contribution < -0.4 is 5.06 Å². The SMILES string of the molecule is CC(C)=C1C(=O)N(O)c2cc(Br)c(Br)cc21. The van der Waals surface area contributed by atoms with Crippen molar-refractivity contribution in [1.82, 2.24) is 0 Å². The van der Waals surface area contributed by atoms with Crippen LogP contribution in [0, 0.1) is 0 Å². The summed E-state index contributed by atoms with van der Waals surface area (Å²) < 4.78 is 1.65. The summed E-state index contributed by atoms with van der Waals surface area (Å²) in [6.07, 6.45) is 0. The highest BCUT2D eigenvalue weighted by atomic mass is 79.9. The fourth-order valence-corrected chi connectivity index (χ4v) is 2.40. The Morgan fingerprint density at radius 2 is 1.81 bits per heavy atom. The molecule has 1 aliphatic rings. The normalized spacial score (nSPS) is 14.4. The van der Waals surface area contributed by atoms with Gasteiger partial charge in [-0.1, -0.05) is 5.57 Å². The number of amides is 1. The number of fused-ring (bicyclic) bond motifs is 1. The maximum atomic E-state index is 11.8. The first-order valence-electron chi connectivity index (χ1n) is 4.63. The molecule has 0 aromatic heterocycles. The van der Waals surface area contributed by atoms with Crippen molar-refractivity contribution in [2.45, 2.75) is 13.8 Å². The average Bonchev–Trinajstić information content (AvgIpc) is 2.42. The monoisotopic (exact) mass is 345 g/mol. The van der Waals surface area contributed by atoms with Gasteiger partial charge >= 0.3 is 0 Å². The first kappa shape index (κ1) is 11.8. The van der Waals surface area contributed by atoms with Crippen molar-refractivity contribution < 1.29 is 10.0 Å². The number of carbonyl (C=O) groups excluding carboxylic acids is 1. The van der Waals surface area contributed by atoms with Crippen LogP contribution in [0.1, 0.15) is 19.4 Å². The third-order valence-electron chi connectivity index (χ3n) is 2.44. The van der Waals surface area contributed by atoms with Crippen LogP contribution in [0.15, 0.2) is 26.7 Å². The van der Waals surface area contributed by atoms with Crippen molar-refractivity contribution in [3.8, 4) is 0 Å². The molecule has 0 aliphatic carbocycles. The Bertz CT molecular complexity index is 519. The van der Waals surface area contributed by atoms with E-state index >= 15 is 0 Å². The Balaban J connectivity index is 2.76. The van der Waals surface area contributed by atoms with Gasteiger partial charge in [-0.3, -0.25) is 10.0 Å². The highest BCUT2D eigenvalue weighted by molar-refractivity contribution is 9.13. The molecule has 0 saturated carbocycles. The van der Waals surface area contributed by atoms with Gasteiger partial charge in [-0.05, 0) is 57.8 Å².